The van der Waals surface area contributed by atoms with Crippen LogP contribution in [0.3, 0.4) is 0 Å². The second-order valence-corrected chi connectivity index (χ2v) is 7.94. The first kappa shape index (κ1) is 21.6. The van der Waals surface area contributed by atoms with Crippen molar-refractivity contribution in [2.75, 3.05) is 18.1 Å². The molecule has 0 fully saturated rings. The molecule has 0 saturated heterocycles. The van der Waals surface area contributed by atoms with E-state index in [4.69, 9.17) is 9.47 Å². The van der Waals surface area contributed by atoms with Crippen LogP contribution in [0.4, 0.5) is 5.69 Å². The summed E-state index contributed by atoms with van der Waals surface area (Å²) in [5.41, 5.74) is 3.10. The van der Waals surface area contributed by atoms with Crippen LogP contribution < -0.4 is 9.64 Å². The number of thioether (sulfide) groups is 1. The summed E-state index contributed by atoms with van der Waals surface area (Å²) in [6.07, 6.45) is 1.79. The van der Waals surface area contributed by atoms with E-state index in [1.54, 1.807) is 13.0 Å². The minimum absolute atomic E-state index is 0.148. The molecule has 0 unspecified atom stereocenters. The molecule has 0 bridgehead atoms. The van der Waals surface area contributed by atoms with Crippen molar-refractivity contribution in [1.82, 2.24) is 0 Å². The normalized spacial score (nSPS) is 14.5. The smallest absolute Gasteiger partial charge is 0.326 e. The standard InChI is InChI=1S/C23H23NO5S/c1-5-28-21(26)13-24-18-8-6-7-9-19(18)30-20(23(24)27)12-17-10-14(2)22(15(3)11-17)29-16(4)25/h6-12H,5,13H2,1-4H3/b20-12-. The van der Waals surface area contributed by atoms with Crippen molar-refractivity contribution in [3.05, 3.63) is 58.0 Å². The van der Waals surface area contributed by atoms with Crippen LogP contribution in [0.25, 0.3) is 6.08 Å². The van der Waals surface area contributed by atoms with E-state index >= 15 is 0 Å². The molecule has 0 aliphatic carbocycles. The fraction of sp³-hybridized carbons (Fsp3) is 0.261. The third-order valence-corrected chi connectivity index (χ3v) is 5.53. The molecule has 0 radical (unpaired) electrons. The van der Waals surface area contributed by atoms with E-state index in [0.29, 0.717) is 16.3 Å². The number of carbonyl (C=O) groups excluding carboxylic acids is 3. The van der Waals surface area contributed by atoms with Crippen LogP contribution in [-0.2, 0) is 19.1 Å². The second kappa shape index (κ2) is 9.17. The highest BCUT2D eigenvalue weighted by Crippen LogP contribution is 2.42. The summed E-state index contributed by atoms with van der Waals surface area (Å²) in [5, 5.41) is 0. The van der Waals surface area contributed by atoms with Gasteiger partial charge in [0, 0.05) is 11.8 Å². The Morgan fingerprint density at radius 3 is 2.43 bits per heavy atom. The number of carbonyl (C=O) groups is 3. The van der Waals surface area contributed by atoms with E-state index in [1.165, 1.54) is 23.6 Å². The third-order valence-electron chi connectivity index (χ3n) is 4.45. The molecule has 0 spiro atoms. The number of hydrogen-bond donors (Lipinski definition) is 0. The fourth-order valence-electron chi connectivity index (χ4n) is 3.28. The van der Waals surface area contributed by atoms with Crippen LogP contribution in [0.5, 0.6) is 5.75 Å². The van der Waals surface area contributed by atoms with Crippen molar-refractivity contribution in [3.8, 4) is 5.75 Å². The van der Waals surface area contributed by atoms with E-state index in [0.717, 1.165) is 21.6 Å². The van der Waals surface area contributed by atoms with Gasteiger partial charge < -0.3 is 9.47 Å². The minimum atomic E-state index is -0.454. The molecule has 0 atom stereocenters. The molecule has 30 heavy (non-hydrogen) atoms. The molecule has 1 amide bonds. The average Bonchev–Trinajstić information content (AvgIpc) is 2.68. The van der Waals surface area contributed by atoms with E-state index in [9.17, 15) is 14.4 Å². The molecule has 1 heterocycles. The lowest BCUT2D eigenvalue weighted by molar-refractivity contribution is -0.142. The maximum absolute atomic E-state index is 13.2. The first-order chi connectivity index (χ1) is 14.3. The highest BCUT2D eigenvalue weighted by Gasteiger charge is 2.30. The number of aryl methyl sites for hydroxylation is 2. The second-order valence-electron chi connectivity index (χ2n) is 6.85. The van der Waals surface area contributed by atoms with Crippen molar-refractivity contribution >= 4 is 41.4 Å². The van der Waals surface area contributed by atoms with Crippen molar-refractivity contribution in [3.63, 3.8) is 0 Å². The first-order valence-corrected chi connectivity index (χ1v) is 10.4. The predicted molar refractivity (Wildman–Crippen MR) is 116 cm³/mol. The van der Waals surface area contributed by atoms with Crippen LogP contribution >= 0.6 is 11.8 Å². The van der Waals surface area contributed by atoms with Gasteiger partial charge in [0.25, 0.3) is 5.91 Å². The Kier molecular flexibility index (Phi) is 6.62. The molecule has 3 rings (SSSR count). The zero-order valence-electron chi connectivity index (χ0n) is 17.4. The van der Waals surface area contributed by atoms with Crippen LogP contribution in [0.2, 0.25) is 0 Å². The molecule has 1 aliphatic rings. The van der Waals surface area contributed by atoms with Crippen molar-refractivity contribution in [1.29, 1.82) is 0 Å². The Bertz CT molecular complexity index is 1020. The SMILES string of the molecule is CCOC(=O)CN1C(=O)/C(=C/c2cc(C)c(OC(C)=O)c(C)c2)Sc2ccccc21. The largest absolute Gasteiger partial charge is 0.465 e. The topological polar surface area (TPSA) is 72.9 Å². The van der Waals surface area contributed by atoms with Crippen molar-refractivity contribution in [2.45, 2.75) is 32.6 Å². The Labute approximate surface area is 179 Å². The number of para-hydroxylation sites is 1. The number of fused-ring (bicyclic) bond motifs is 1. The summed E-state index contributed by atoms with van der Waals surface area (Å²) in [6, 6.07) is 11.2. The van der Waals surface area contributed by atoms with Crippen molar-refractivity contribution in [2.24, 2.45) is 0 Å². The number of benzene rings is 2. The summed E-state index contributed by atoms with van der Waals surface area (Å²) in [5.74, 6) is -0.562. The molecule has 7 heteroatoms. The van der Waals surface area contributed by atoms with E-state index in [1.807, 2.05) is 50.2 Å². The number of hydrogen-bond acceptors (Lipinski definition) is 6. The van der Waals surface area contributed by atoms with Gasteiger partial charge in [0.15, 0.2) is 0 Å². The van der Waals surface area contributed by atoms with E-state index < -0.39 is 5.97 Å². The number of rotatable bonds is 5. The molecule has 156 valence electrons. The number of amides is 1. The van der Waals surface area contributed by atoms with Gasteiger partial charge in [-0.25, -0.2) is 0 Å². The lowest BCUT2D eigenvalue weighted by atomic mass is 10.0. The number of anilines is 1. The summed E-state index contributed by atoms with van der Waals surface area (Å²) in [6.45, 7) is 6.91. The van der Waals surface area contributed by atoms with E-state index in [-0.39, 0.29) is 25.0 Å². The average molecular weight is 426 g/mol. The molecular weight excluding hydrogens is 402 g/mol. The zero-order valence-corrected chi connectivity index (χ0v) is 18.2. The van der Waals surface area contributed by atoms with Gasteiger partial charge in [-0.1, -0.05) is 23.9 Å². The van der Waals surface area contributed by atoms with E-state index in [2.05, 4.69) is 0 Å². The van der Waals surface area contributed by atoms with Gasteiger partial charge in [0.2, 0.25) is 0 Å². The molecule has 6 nitrogen and oxygen atoms in total. The molecule has 0 saturated carbocycles. The number of ether oxygens (including phenoxy) is 2. The lowest BCUT2D eigenvalue weighted by Gasteiger charge is -2.29. The fourth-order valence-corrected chi connectivity index (χ4v) is 4.34. The number of esters is 2. The van der Waals surface area contributed by atoms with Crippen LogP contribution in [-0.4, -0.2) is 31.0 Å². The summed E-state index contributed by atoms with van der Waals surface area (Å²) in [7, 11) is 0. The van der Waals surface area contributed by atoms with Gasteiger partial charge in [0.05, 0.1) is 17.2 Å². The maximum Gasteiger partial charge on any atom is 0.326 e. The van der Waals surface area contributed by atoms with Crippen molar-refractivity contribution < 1.29 is 23.9 Å². The first-order valence-electron chi connectivity index (χ1n) is 9.56. The Hall–Kier alpha value is -3.06. The van der Waals surface area contributed by atoms with Gasteiger partial charge in [0.1, 0.15) is 12.3 Å². The Balaban J connectivity index is 1.98. The highest BCUT2D eigenvalue weighted by molar-refractivity contribution is 8.04. The van der Waals surface area contributed by atoms with Crippen LogP contribution in [0, 0.1) is 13.8 Å². The molecule has 1 aliphatic heterocycles. The lowest BCUT2D eigenvalue weighted by Crippen LogP contribution is -2.39. The van der Waals surface area contributed by atoms with Gasteiger partial charge in [-0.3, -0.25) is 19.3 Å². The molecule has 0 aromatic heterocycles. The van der Waals surface area contributed by atoms with Crippen LogP contribution in [0.1, 0.15) is 30.5 Å². The highest BCUT2D eigenvalue weighted by atomic mass is 32.2. The van der Waals surface area contributed by atoms with Gasteiger partial charge in [-0.05, 0) is 67.8 Å². The number of nitrogens with zero attached hydrogens (tertiary/aromatic N) is 1. The minimum Gasteiger partial charge on any atom is -0.465 e. The molecule has 0 N–H and O–H groups in total. The van der Waals surface area contributed by atoms with Gasteiger partial charge in [-0.2, -0.15) is 0 Å². The molecule has 2 aromatic carbocycles. The third kappa shape index (κ3) is 4.74. The predicted octanol–water partition coefficient (Wildman–Crippen LogP) is 4.27. The quantitative estimate of drug-likeness (QED) is 0.405. The monoisotopic (exact) mass is 425 g/mol. The molecular formula is C23H23NO5S. The Morgan fingerprint density at radius 1 is 1.13 bits per heavy atom. The summed E-state index contributed by atoms with van der Waals surface area (Å²) >= 11 is 1.36. The van der Waals surface area contributed by atoms with Gasteiger partial charge in [-0.15, -0.1) is 0 Å². The van der Waals surface area contributed by atoms with Gasteiger partial charge >= 0.3 is 11.9 Å². The molecule has 2 aromatic rings. The Morgan fingerprint density at radius 2 is 1.80 bits per heavy atom. The zero-order chi connectivity index (χ0) is 21.8. The summed E-state index contributed by atoms with van der Waals surface area (Å²) < 4.78 is 10.3. The summed E-state index contributed by atoms with van der Waals surface area (Å²) in [4.78, 5) is 39.4. The maximum atomic E-state index is 13.2. The van der Waals surface area contributed by atoms with Crippen LogP contribution in [0.15, 0.2) is 46.2 Å².